The first-order valence-corrected chi connectivity index (χ1v) is 9.09. The third kappa shape index (κ3) is 4.19. The van der Waals surface area contributed by atoms with Crippen molar-refractivity contribution >= 4 is 29.0 Å². The quantitative estimate of drug-likeness (QED) is 0.773. The second kappa shape index (κ2) is 8.21. The van der Waals surface area contributed by atoms with Gasteiger partial charge in [0, 0.05) is 17.7 Å². The number of hydrogen-bond donors (Lipinski definition) is 1. The molecule has 2 amide bonds. The van der Waals surface area contributed by atoms with Crippen LogP contribution in [0.5, 0.6) is 5.75 Å². The molecule has 0 radical (unpaired) electrons. The zero-order valence-electron chi connectivity index (χ0n) is 15.7. The summed E-state index contributed by atoms with van der Waals surface area (Å²) >= 11 is 0. The molecule has 0 aromatic heterocycles. The van der Waals surface area contributed by atoms with Gasteiger partial charge in [-0.3, -0.25) is 19.3 Å². The minimum Gasteiger partial charge on any atom is -0.479 e. The molecular formula is C21H21FN2O4. The highest BCUT2D eigenvalue weighted by Gasteiger charge is 2.33. The lowest BCUT2D eigenvalue weighted by molar-refractivity contribution is -0.127. The molecule has 6 nitrogen and oxygen atoms in total. The van der Waals surface area contributed by atoms with Gasteiger partial charge in [0.25, 0.3) is 5.91 Å². The van der Waals surface area contributed by atoms with Crippen molar-refractivity contribution in [3.8, 4) is 5.75 Å². The van der Waals surface area contributed by atoms with E-state index in [4.69, 9.17) is 4.74 Å². The third-order valence-electron chi connectivity index (χ3n) is 4.38. The zero-order chi connectivity index (χ0) is 20.3. The number of anilines is 2. The number of benzene rings is 2. The van der Waals surface area contributed by atoms with Crippen molar-refractivity contribution in [2.45, 2.75) is 32.8 Å². The van der Waals surface area contributed by atoms with Gasteiger partial charge in [-0.05, 0) is 49.7 Å². The van der Waals surface area contributed by atoms with Crippen LogP contribution in [0.2, 0.25) is 0 Å². The van der Waals surface area contributed by atoms with E-state index in [9.17, 15) is 18.8 Å². The highest BCUT2D eigenvalue weighted by Crippen LogP contribution is 2.35. The van der Waals surface area contributed by atoms with Gasteiger partial charge in [-0.25, -0.2) is 4.39 Å². The summed E-state index contributed by atoms with van der Waals surface area (Å²) in [6, 6.07) is 10.4. The van der Waals surface area contributed by atoms with E-state index in [0.29, 0.717) is 35.5 Å². The lowest BCUT2D eigenvalue weighted by atomic mass is 10.0. The lowest BCUT2D eigenvalue weighted by Gasteiger charge is -2.32. The van der Waals surface area contributed by atoms with E-state index >= 15 is 0 Å². The molecule has 3 rings (SSSR count). The Balaban J connectivity index is 1.85. The molecule has 1 N–H and O–H groups in total. The van der Waals surface area contributed by atoms with E-state index in [-0.39, 0.29) is 18.2 Å². The molecule has 0 saturated heterocycles. The smallest absolute Gasteiger partial charge is 0.268 e. The minimum absolute atomic E-state index is 0.0412. The van der Waals surface area contributed by atoms with Crippen molar-refractivity contribution in [1.29, 1.82) is 0 Å². The Morgan fingerprint density at radius 2 is 2.00 bits per heavy atom. The summed E-state index contributed by atoms with van der Waals surface area (Å²) in [6.07, 6.45) is 0.346. The third-order valence-corrected chi connectivity index (χ3v) is 4.38. The van der Waals surface area contributed by atoms with Gasteiger partial charge in [0.2, 0.25) is 5.91 Å². The number of ketones is 1. The maximum absolute atomic E-state index is 13.3. The Morgan fingerprint density at radius 3 is 2.71 bits per heavy atom. The fraction of sp³-hybridized carbons (Fsp3) is 0.286. The van der Waals surface area contributed by atoms with Gasteiger partial charge < -0.3 is 10.1 Å². The van der Waals surface area contributed by atoms with Crippen molar-refractivity contribution in [2.75, 3.05) is 16.8 Å². The first-order chi connectivity index (χ1) is 13.4. The number of nitrogens with one attached hydrogen (secondary N) is 1. The van der Waals surface area contributed by atoms with Crippen molar-refractivity contribution < 1.29 is 23.5 Å². The zero-order valence-corrected chi connectivity index (χ0v) is 15.7. The summed E-state index contributed by atoms with van der Waals surface area (Å²) in [5.74, 6) is -0.955. The van der Waals surface area contributed by atoms with Crippen LogP contribution in [0.25, 0.3) is 0 Å². The van der Waals surface area contributed by atoms with E-state index in [0.717, 1.165) is 0 Å². The Morgan fingerprint density at radius 1 is 1.21 bits per heavy atom. The fourth-order valence-electron chi connectivity index (χ4n) is 3.03. The number of hydrogen-bond acceptors (Lipinski definition) is 4. The standard InChI is InChI=1S/C21H21FN2O4/c1-3-5-18(25)14-8-9-19-17(10-14)24(21(27)13(2)28-19)12-20(26)23-16-7-4-6-15(22)11-16/h4,6-11,13H,3,5,12H2,1-2H3,(H,23,26). The molecular weight excluding hydrogens is 363 g/mol. The van der Waals surface area contributed by atoms with Crippen LogP contribution in [0.4, 0.5) is 15.8 Å². The van der Waals surface area contributed by atoms with Crippen molar-refractivity contribution in [2.24, 2.45) is 0 Å². The highest BCUT2D eigenvalue weighted by molar-refractivity contribution is 6.07. The number of carbonyl (C=O) groups is 3. The molecule has 2 aromatic rings. The van der Waals surface area contributed by atoms with Gasteiger partial charge in [0.15, 0.2) is 11.9 Å². The molecule has 1 heterocycles. The summed E-state index contributed by atoms with van der Waals surface area (Å²) < 4.78 is 18.9. The van der Waals surface area contributed by atoms with Gasteiger partial charge in [-0.1, -0.05) is 13.0 Å². The number of amides is 2. The second-order valence-corrected chi connectivity index (χ2v) is 6.60. The van der Waals surface area contributed by atoms with Crippen LogP contribution in [0.3, 0.4) is 0 Å². The maximum Gasteiger partial charge on any atom is 0.268 e. The predicted molar refractivity (Wildman–Crippen MR) is 103 cm³/mol. The summed E-state index contributed by atoms with van der Waals surface area (Å²) in [5, 5.41) is 2.57. The van der Waals surface area contributed by atoms with Gasteiger partial charge in [0.05, 0.1) is 5.69 Å². The summed E-state index contributed by atoms with van der Waals surface area (Å²) in [4.78, 5) is 38.6. The van der Waals surface area contributed by atoms with Gasteiger partial charge in [-0.15, -0.1) is 0 Å². The lowest BCUT2D eigenvalue weighted by Crippen LogP contribution is -2.47. The monoisotopic (exact) mass is 384 g/mol. The topological polar surface area (TPSA) is 75.7 Å². The molecule has 2 aromatic carbocycles. The molecule has 1 aliphatic rings. The predicted octanol–water partition coefficient (Wildman–Crippen LogP) is 3.56. The molecule has 0 bridgehead atoms. The summed E-state index contributed by atoms with van der Waals surface area (Å²) in [6.45, 7) is 3.23. The molecule has 1 aliphatic heterocycles. The van der Waals surface area contributed by atoms with E-state index < -0.39 is 17.8 Å². The SMILES string of the molecule is CCCC(=O)c1ccc2c(c1)N(CC(=O)Nc1cccc(F)c1)C(=O)C(C)O2. The first-order valence-electron chi connectivity index (χ1n) is 9.09. The van der Waals surface area contributed by atoms with Gasteiger partial charge >= 0.3 is 0 Å². The molecule has 146 valence electrons. The van der Waals surface area contributed by atoms with Crippen LogP contribution in [0.15, 0.2) is 42.5 Å². The fourth-order valence-corrected chi connectivity index (χ4v) is 3.03. The van der Waals surface area contributed by atoms with Crippen LogP contribution in [-0.4, -0.2) is 30.2 Å². The van der Waals surface area contributed by atoms with Crippen molar-refractivity contribution in [1.82, 2.24) is 0 Å². The number of fused-ring (bicyclic) bond motifs is 1. The largest absolute Gasteiger partial charge is 0.479 e. The van der Waals surface area contributed by atoms with Crippen LogP contribution >= 0.6 is 0 Å². The molecule has 0 spiro atoms. The van der Waals surface area contributed by atoms with E-state index in [1.165, 1.54) is 23.1 Å². The number of rotatable bonds is 6. The second-order valence-electron chi connectivity index (χ2n) is 6.60. The number of Topliss-reactive ketones (excluding diaryl/α,β-unsaturated/α-hetero) is 1. The first kappa shape index (κ1) is 19.5. The summed E-state index contributed by atoms with van der Waals surface area (Å²) in [7, 11) is 0. The van der Waals surface area contributed by atoms with Crippen LogP contribution in [0.1, 0.15) is 37.0 Å². The van der Waals surface area contributed by atoms with Crippen LogP contribution in [-0.2, 0) is 9.59 Å². The van der Waals surface area contributed by atoms with E-state index in [2.05, 4.69) is 5.32 Å². The Labute approximate surface area is 162 Å². The van der Waals surface area contributed by atoms with Crippen molar-refractivity contribution in [3.05, 3.63) is 53.8 Å². The molecule has 7 heteroatoms. The number of carbonyl (C=O) groups excluding carboxylic acids is 3. The molecule has 1 unspecified atom stereocenters. The van der Waals surface area contributed by atoms with Crippen LogP contribution < -0.4 is 15.0 Å². The minimum atomic E-state index is -0.758. The Bertz CT molecular complexity index is 928. The average molecular weight is 384 g/mol. The Hall–Kier alpha value is -3.22. The normalized spacial score (nSPS) is 15.6. The van der Waals surface area contributed by atoms with E-state index in [1.54, 1.807) is 31.2 Å². The average Bonchev–Trinajstić information content (AvgIpc) is 2.65. The molecule has 0 saturated carbocycles. The number of ether oxygens (including phenoxy) is 1. The van der Waals surface area contributed by atoms with E-state index in [1.807, 2.05) is 6.92 Å². The molecule has 1 atom stereocenters. The van der Waals surface area contributed by atoms with Crippen molar-refractivity contribution in [3.63, 3.8) is 0 Å². The van der Waals surface area contributed by atoms with Gasteiger partial charge in [-0.2, -0.15) is 0 Å². The summed E-state index contributed by atoms with van der Waals surface area (Å²) in [5.41, 5.74) is 1.13. The number of nitrogens with zero attached hydrogens (tertiary/aromatic N) is 1. The molecule has 0 aliphatic carbocycles. The number of halogens is 1. The van der Waals surface area contributed by atoms with Crippen LogP contribution in [0, 0.1) is 5.82 Å². The Kier molecular flexibility index (Phi) is 5.73. The maximum atomic E-state index is 13.3. The highest BCUT2D eigenvalue weighted by atomic mass is 19.1. The molecule has 0 fully saturated rings. The van der Waals surface area contributed by atoms with Gasteiger partial charge in [0.1, 0.15) is 18.1 Å². The molecule has 28 heavy (non-hydrogen) atoms.